The minimum Gasteiger partial charge on any atom is -0.496 e. The Morgan fingerprint density at radius 3 is 2.65 bits per heavy atom. The summed E-state index contributed by atoms with van der Waals surface area (Å²) in [4.78, 5) is 26.1. The molecule has 0 fully saturated rings. The molecule has 0 aromatic heterocycles. The van der Waals surface area contributed by atoms with Crippen molar-refractivity contribution < 1.29 is 23.8 Å². The average molecular weight is 482 g/mol. The van der Waals surface area contributed by atoms with Gasteiger partial charge in [-0.2, -0.15) is 0 Å². The second-order valence-electron chi connectivity index (χ2n) is 8.34. The van der Waals surface area contributed by atoms with Crippen LogP contribution in [0.5, 0.6) is 11.5 Å². The van der Waals surface area contributed by atoms with Gasteiger partial charge in [-0.1, -0.05) is 24.2 Å². The van der Waals surface area contributed by atoms with Crippen molar-refractivity contribution in [3.8, 4) is 11.5 Å². The van der Waals surface area contributed by atoms with Crippen molar-refractivity contribution in [3.05, 3.63) is 82.2 Å². The first kappa shape index (κ1) is 23.9. The van der Waals surface area contributed by atoms with Gasteiger partial charge >= 0.3 is 5.97 Å². The third-order valence-electron chi connectivity index (χ3n) is 6.20. The molecular weight excluding hydrogens is 454 g/mol. The van der Waals surface area contributed by atoms with Gasteiger partial charge in [0.15, 0.2) is 5.78 Å². The standard InChI is InChI=1S/C27H28ClNO5/c1-4-33-27(31)24-16(2)29-21-6-5-7-22(30)26(21)25(24)17-8-13-23(32-3)18(14-17)15-34-20-11-9-19(28)10-12-20/h8-14,24-25,29H,2,4-7,15H2,1,3H3. The predicted molar refractivity (Wildman–Crippen MR) is 130 cm³/mol. The van der Waals surface area contributed by atoms with Crippen LogP contribution in [0.3, 0.4) is 0 Å². The van der Waals surface area contributed by atoms with E-state index in [0.29, 0.717) is 34.2 Å². The Balaban J connectivity index is 1.74. The number of esters is 1. The van der Waals surface area contributed by atoms with Crippen molar-refractivity contribution in [1.82, 2.24) is 5.32 Å². The summed E-state index contributed by atoms with van der Waals surface area (Å²) in [5, 5.41) is 3.86. The predicted octanol–water partition coefficient (Wildman–Crippen LogP) is 5.31. The molecule has 178 valence electrons. The summed E-state index contributed by atoms with van der Waals surface area (Å²) in [5.74, 6) is -0.221. The van der Waals surface area contributed by atoms with Gasteiger partial charge in [0.05, 0.1) is 13.7 Å². The summed E-state index contributed by atoms with van der Waals surface area (Å²) >= 11 is 5.97. The maximum absolute atomic E-state index is 13.1. The minimum atomic E-state index is -0.709. The number of nitrogens with one attached hydrogen (secondary N) is 1. The molecular formula is C27H28ClNO5. The molecule has 2 aromatic rings. The zero-order valence-electron chi connectivity index (χ0n) is 19.4. The number of allylic oxidation sites excluding steroid dienone is 2. The summed E-state index contributed by atoms with van der Waals surface area (Å²) < 4.78 is 16.9. The molecule has 4 rings (SSSR count). The van der Waals surface area contributed by atoms with Crippen LogP contribution in [0.4, 0.5) is 0 Å². The van der Waals surface area contributed by atoms with Gasteiger partial charge in [-0.3, -0.25) is 9.59 Å². The summed E-state index contributed by atoms with van der Waals surface area (Å²) in [6.45, 7) is 6.37. The van der Waals surface area contributed by atoms with Crippen molar-refractivity contribution >= 4 is 23.4 Å². The van der Waals surface area contributed by atoms with Crippen LogP contribution in [0.15, 0.2) is 66.0 Å². The molecule has 34 heavy (non-hydrogen) atoms. The third kappa shape index (κ3) is 4.82. The van der Waals surface area contributed by atoms with Gasteiger partial charge in [0.2, 0.25) is 0 Å². The number of rotatable bonds is 7. The summed E-state index contributed by atoms with van der Waals surface area (Å²) in [6.07, 6.45) is 1.98. The maximum atomic E-state index is 13.1. The Morgan fingerprint density at radius 2 is 1.94 bits per heavy atom. The molecule has 2 aromatic carbocycles. The molecule has 1 aliphatic heterocycles. The van der Waals surface area contributed by atoms with Crippen LogP contribution >= 0.6 is 11.6 Å². The SMILES string of the molecule is C=C1NC2=C(C(=O)CCC2)C(c2ccc(OC)c(COc3ccc(Cl)cc3)c2)C1C(=O)OCC. The van der Waals surface area contributed by atoms with E-state index in [1.165, 1.54) is 0 Å². The van der Waals surface area contributed by atoms with Crippen LogP contribution in [-0.2, 0) is 20.9 Å². The van der Waals surface area contributed by atoms with Crippen molar-refractivity contribution in [2.75, 3.05) is 13.7 Å². The maximum Gasteiger partial charge on any atom is 0.315 e. The molecule has 0 bridgehead atoms. The Hall–Kier alpha value is -3.25. The van der Waals surface area contributed by atoms with Crippen molar-refractivity contribution in [2.45, 2.75) is 38.7 Å². The van der Waals surface area contributed by atoms with Crippen molar-refractivity contribution in [1.29, 1.82) is 0 Å². The van der Waals surface area contributed by atoms with E-state index in [0.717, 1.165) is 29.7 Å². The highest BCUT2D eigenvalue weighted by molar-refractivity contribution is 6.30. The van der Waals surface area contributed by atoms with Crippen LogP contribution in [0.2, 0.25) is 5.02 Å². The fraction of sp³-hybridized carbons (Fsp3) is 0.333. The normalized spacial score (nSPS) is 19.9. The first-order valence-corrected chi connectivity index (χ1v) is 11.7. The number of hydrogen-bond acceptors (Lipinski definition) is 6. The second-order valence-corrected chi connectivity index (χ2v) is 8.78. The summed E-state index contributed by atoms with van der Waals surface area (Å²) in [5.41, 5.74) is 3.66. The number of carbonyl (C=O) groups is 2. The molecule has 1 heterocycles. The second kappa shape index (κ2) is 10.3. The van der Waals surface area contributed by atoms with E-state index in [1.54, 1.807) is 38.3 Å². The first-order valence-electron chi connectivity index (χ1n) is 11.4. The summed E-state index contributed by atoms with van der Waals surface area (Å²) in [7, 11) is 1.60. The van der Waals surface area contributed by atoms with E-state index >= 15 is 0 Å². The fourth-order valence-electron chi connectivity index (χ4n) is 4.66. The molecule has 1 N–H and O–H groups in total. The molecule has 1 aliphatic carbocycles. The van der Waals surface area contributed by atoms with Gasteiger partial charge < -0.3 is 19.5 Å². The lowest BCUT2D eigenvalue weighted by atomic mass is 9.71. The monoisotopic (exact) mass is 481 g/mol. The lowest BCUT2D eigenvalue weighted by molar-refractivity contribution is -0.147. The largest absolute Gasteiger partial charge is 0.496 e. The molecule has 2 aliphatic rings. The number of carbonyl (C=O) groups excluding carboxylic acids is 2. The quantitative estimate of drug-likeness (QED) is 0.540. The summed E-state index contributed by atoms with van der Waals surface area (Å²) in [6, 6.07) is 12.8. The molecule has 0 amide bonds. The van der Waals surface area contributed by atoms with Crippen LogP contribution < -0.4 is 14.8 Å². The van der Waals surface area contributed by atoms with Gasteiger partial charge in [-0.15, -0.1) is 0 Å². The zero-order chi connectivity index (χ0) is 24.2. The molecule has 0 radical (unpaired) electrons. The van der Waals surface area contributed by atoms with Gasteiger partial charge in [0.1, 0.15) is 24.0 Å². The minimum absolute atomic E-state index is 0.0512. The van der Waals surface area contributed by atoms with Gasteiger partial charge in [-0.25, -0.2) is 0 Å². The average Bonchev–Trinajstić information content (AvgIpc) is 2.83. The van der Waals surface area contributed by atoms with Gasteiger partial charge in [0.25, 0.3) is 0 Å². The molecule has 0 spiro atoms. The number of Topliss-reactive ketones (excluding diaryl/α,β-unsaturated/α-hetero) is 1. The van der Waals surface area contributed by atoms with Crippen LogP contribution in [0, 0.1) is 5.92 Å². The first-order chi connectivity index (χ1) is 16.4. The molecule has 2 atom stereocenters. The number of ketones is 1. The topological polar surface area (TPSA) is 73.9 Å². The number of benzene rings is 2. The van der Waals surface area contributed by atoms with E-state index in [4.69, 9.17) is 25.8 Å². The highest BCUT2D eigenvalue weighted by Gasteiger charge is 2.44. The highest BCUT2D eigenvalue weighted by Crippen LogP contribution is 2.45. The number of hydrogen-bond donors (Lipinski definition) is 1. The molecule has 0 saturated heterocycles. The smallest absolute Gasteiger partial charge is 0.315 e. The van der Waals surface area contributed by atoms with E-state index in [1.807, 2.05) is 18.2 Å². The third-order valence-corrected chi connectivity index (χ3v) is 6.45. The van der Waals surface area contributed by atoms with Gasteiger partial charge in [0, 0.05) is 39.9 Å². The van der Waals surface area contributed by atoms with E-state index < -0.39 is 17.8 Å². The number of halogens is 1. The molecule has 2 unspecified atom stereocenters. The Bertz CT molecular complexity index is 1140. The lowest BCUT2D eigenvalue weighted by Crippen LogP contribution is -2.41. The fourth-order valence-corrected chi connectivity index (χ4v) is 4.79. The number of ether oxygens (including phenoxy) is 3. The lowest BCUT2D eigenvalue weighted by Gasteiger charge is -2.38. The van der Waals surface area contributed by atoms with Crippen molar-refractivity contribution in [3.63, 3.8) is 0 Å². The molecule has 7 heteroatoms. The Morgan fingerprint density at radius 1 is 1.18 bits per heavy atom. The van der Waals surface area contributed by atoms with Gasteiger partial charge in [-0.05, 0) is 61.7 Å². The number of methoxy groups -OCH3 is 1. The van der Waals surface area contributed by atoms with Crippen LogP contribution in [-0.4, -0.2) is 25.5 Å². The van der Waals surface area contributed by atoms with E-state index in [2.05, 4.69) is 11.9 Å². The Kier molecular flexibility index (Phi) is 7.27. The van der Waals surface area contributed by atoms with Crippen LogP contribution in [0.25, 0.3) is 0 Å². The van der Waals surface area contributed by atoms with E-state index in [9.17, 15) is 9.59 Å². The van der Waals surface area contributed by atoms with Crippen molar-refractivity contribution in [2.24, 2.45) is 5.92 Å². The zero-order valence-corrected chi connectivity index (χ0v) is 20.1. The molecule has 6 nitrogen and oxygen atoms in total. The van der Waals surface area contributed by atoms with E-state index in [-0.39, 0.29) is 19.0 Å². The highest BCUT2D eigenvalue weighted by atomic mass is 35.5. The molecule has 0 saturated carbocycles. The van der Waals surface area contributed by atoms with Crippen LogP contribution in [0.1, 0.15) is 43.2 Å². The Labute approximate surface area is 204 Å².